The van der Waals surface area contributed by atoms with Crippen molar-refractivity contribution in [3.8, 4) is 10.6 Å². The van der Waals surface area contributed by atoms with Gasteiger partial charge in [-0.25, -0.2) is 14.2 Å². The van der Waals surface area contributed by atoms with Crippen LogP contribution in [-0.2, 0) is 0 Å². The normalized spacial score (nSPS) is 10.5. The quantitative estimate of drug-likeness (QED) is 0.876. The van der Waals surface area contributed by atoms with Crippen LogP contribution in [0.25, 0.3) is 10.6 Å². The van der Waals surface area contributed by atoms with Crippen LogP contribution in [-0.4, -0.2) is 21.8 Å². The maximum Gasteiger partial charge on any atom is 0.356 e. The van der Waals surface area contributed by atoms with E-state index in [1.165, 1.54) is 19.1 Å². The van der Waals surface area contributed by atoms with E-state index >= 15 is 0 Å². The van der Waals surface area contributed by atoms with Gasteiger partial charge in [-0.15, -0.1) is 11.3 Å². The Morgan fingerprint density at radius 3 is 2.58 bits per heavy atom. The number of hydrogen-bond acceptors (Lipinski definition) is 4. The van der Waals surface area contributed by atoms with Crippen molar-refractivity contribution < 1.29 is 19.1 Å². The highest BCUT2D eigenvalue weighted by atomic mass is 32.1. The molecular formula is C13H10FNO3S. The molecule has 0 aliphatic rings. The Labute approximate surface area is 112 Å². The molecule has 4 nitrogen and oxygen atoms in total. The fourth-order valence-electron chi connectivity index (χ4n) is 1.64. The number of carboxylic acids is 1. The molecule has 98 valence electrons. The number of aromatic nitrogens is 1. The first-order valence-corrected chi connectivity index (χ1v) is 6.23. The number of halogens is 1. The Kier molecular flexibility index (Phi) is 3.44. The first kappa shape index (κ1) is 13.4. The summed E-state index contributed by atoms with van der Waals surface area (Å²) in [6.07, 6.45) is 0. The molecule has 6 heteroatoms. The number of hydrogen-bond donors (Lipinski definition) is 1. The van der Waals surface area contributed by atoms with E-state index in [4.69, 9.17) is 5.11 Å². The van der Waals surface area contributed by atoms with Crippen LogP contribution < -0.4 is 0 Å². The van der Waals surface area contributed by atoms with Gasteiger partial charge in [0.15, 0.2) is 11.5 Å². The number of aromatic carboxylic acids is 1. The zero-order valence-corrected chi connectivity index (χ0v) is 11.0. The minimum Gasteiger partial charge on any atom is -0.476 e. The van der Waals surface area contributed by atoms with E-state index in [0.29, 0.717) is 10.6 Å². The number of benzene rings is 1. The van der Waals surface area contributed by atoms with E-state index < -0.39 is 11.8 Å². The third-order valence-electron chi connectivity index (χ3n) is 2.58. The minimum atomic E-state index is -1.26. The van der Waals surface area contributed by atoms with Crippen molar-refractivity contribution in [1.82, 2.24) is 4.98 Å². The number of rotatable bonds is 3. The molecule has 0 spiro atoms. The number of carboxylic acid groups (broad SMARTS) is 1. The zero-order valence-electron chi connectivity index (χ0n) is 10.2. The summed E-state index contributed by atoms with van der Waals surface area (Å²) in [6.45, 7) is 3.05. The van der Waals surface area contributed by atoms with Gasteiger partial charge in [0.25, 0.3) is 0 Å². The van der Waals surface area contributed by atoms with Crippen molar-refractivity contribution in [3.63, 3.8) is 0 Å². The van der Waals surface area contributed by atoms with Gasteiger partial charge in [0.05, 0.1) is 0 Å². The first-order valence-electron chi connectivity index (χ1n) is 5.41. The molecule has 0 saturated heterocycles. The molecule has 2 rings (SSSR count). The first-order chi connectivity index (χ1) is 8.90. The van der Waals surface area contributed by atoms with Crippen LogP contribution >= 0.6 is 11.3 Å². The molecule has 0 aliphatic carbocycles. The third-order valence-corrected chi connectivity index (χ3v) is 3.77. The number of nitrogens with zero attached hydrogens (tertiary/aromatic N) is 1. The van der Waals surface area contributed by atoms with Crippen LogP contribution in [0.3, 0.4) is 0 Å². The molecule has 0 aliphatic heterocycles. The van der Waals surface area contributed by atoms with Gasteiger partial charge in [-0.3, -0.25) is 4.79 Å². The lowest BCUT2D eigenvalue weighted by Gasteiger charge is -2.01. The fourth-order valence-corrected chi connectivity index (χ4v) is 2.68. The number of thiazole rings is 1. The van der Waals surface area contributed by atoms with E-state index in [0.717, 1.165) is 16.9 Å². The van der Waals surface area contributed by atoms with Gasteiger partial charge in [0, 0.05) is 12.5 Å². The molecule has 1 aromatic carbocycles. The molecule has 0 saturated carbocycles. The van der Waals surface area contributed by atoms with E-state index in [1.54, 1.807) is 13.0 Å². The van der Waals surface area contributed by atoms with Gasteiger partial charge in [0.2, 0.25) is 0 Å². The largest absolute Gasteiger partial charge is 0.476 e. The summed E-state index contributed by atoms with van der Waals surface area (Å²) in [5.41, 5.74) is 0.985. The summed E-state index contributed by atoms with van der Waals surface area (Å²) in [6, 6.07) is 4.18. The Bertz CT molecular complexity index is 647. The second kappa shape index (κ2) is 4.89. The van der Waals surface area contributed by atoms with Crippen LogP contribution in [0.1, 0.15) is 32.6 Å². The molecule has 0 amide bonds. The molecule has 2 aromatic rings. The van der Waals surface area contributed by atoms with Gasteiger partial charge < -0.3 is 5.11 Å². The van der Waals surface area contributed by atoms with Crippen LogP contribution in [0.2, 0.25) is 0 Å². The van der Waals surface area contributed by atoms with Crippen LogP contribution in [0, 0.1) is 12.7 Å². The summed E-state index contributed by atoms with van der Waals surface area (Å²) in [4.78, 5) is 26.5. The van der Waals surface area contributed by atoms with Gasteiger partial charge in [-0.1, -0.05) is 6.07 Å². The molecule has 19 heavy (non-hydrogen) atoms. The maximum absolute atomic E-state index is 13.3. The van der Waals surface area contributed by atoms with Gasteiger partial charge in [-0.05, 0) is 24.6 Å². The average molecular weight is 279 g/mol. The number of carbonyl (C=O) groups is 2. The van der Waals surface area contributed by atoms with Crippen LogP contribution in [0.5, 0.6) is 0 Å². The monoisotopic (exact) mass is 279 g/mol. The second-order valence-corrected chi connectivity index (χ2v) is 5.02. The molecule has 0 bridgehead atoms. The van der Waals surface area contributed by atoms with Crippen molar-refractivity contribution in [3.05, 3.63) is 40.2 Å². The van der Waals surface area contributed by atoms with Gasteiger partial charge in [0.1, 0.15) is 15.7 Å². The summed E-state index contributed by atoms with van der Waals surface area (Å²) < 4.78 is 13.3. The van der Waals surface area contributed by atoms with E-state index in [-0.39, 0.29) is 16.4 Å². The molecule has 1 heterocycles. The van der Waals surface area contributed by atoms with Crippen LogP contribution in [0.15, 0.2) is 18.2 Å². The van der Waals surface area contributed by atoms with Crippen molar-refractivity contribution in [2.24, 2.45) is 0 Å². The van der Waals surface area contributed by atoms with Gasteiger partial charge in [-0.2, -0.15) is 0 Å². The molecule has 1 N–H and O–H groups in total. The van der Waals surface area contributed by atoms with Crippen molar-refractivity contribution in [2.75, 3.05) is 0 Å². The van der Waals surface area contributed by atoms with E-state index in [2.05, 4.69) is 4.98 Å². The second-order valence-electron chi connectivity index (χ2n) is 4.02. The molecular weight excluding hydrogens is 269 g/mol. The Morgan fingerprint density at radius 2 is 2.05 bits per heavy atom. The third kappa shape index (κ3) is 2.53. The predicted molar refractivity (Wildman–Crippen MR) is 69.2 cm³/mol. The Hall–Kier alpha value is -2.08. The Balaban J connectivity index is 2.64. The molecule has 0 unspecified atom stereocenters. The van der Waals surface area contributed by atoms with Gasteiger partial charge >= 0.3 is 5.97 Å². The summed E-state index contributed by atoms with van der Waals surface area (Å²) >= 11 is 0.964. The lowest BCUT2D eigenvalue weighted by atomic mass is 10.1. The maximum atomic E-state index is 13.3. The highest BCUT2D eigenvalue weighted by Crippen LogP contribution is 2.31. The Morgan fingerprint density at radius 1 is 1.37 bits per heavy atom. The number of carbonyl (C=O) groups excluding carboxylic acids is 1. The molecule has 0 radical (unpaired) electrons. The predicted octanol–water partition coefficient (Wildman–Crippen LogP) is 3.16. The van der Waals surface area contributed by atoms with Crippen LogP contribution in [0.4, 0.5) is 4.39 Å². The number of ketones is 1. The molecule has 0 fully saturated rings. The molecule has 1 aromatic heterocycles. The average Bonchev–Trinajstić information content (AvgIpc) is 2.77. The fraction of sp³-hybridized carbons (Fsp3) is 0.154. The standard InChI is InChI=1S/C13H10FNO3S/c1-6-3-4-8(14)5-9(6)12-15-10(13(17)18)11(19-12)7(2)16/h3-5H,1-2H3,(H,17,18). The summed E-state index contributed by atoms with van der Waals surface area (Å²) in [5, 5.41) is 9.35. The smallest absolute Gasteiger partial charge is 0.356 e. The number of aryl methyl sites for hydroxylation is 1. The van der Waals surface area contributed by atoms with Crippen molar-refractivity contribution >= 4 is 23.1 Å². The SMILES string of the molecule is CC(=O)c1sc(-c2cc(F)ccc2C)nc1C(=O)O. The van der Waals surface area contributed by atoms with E-state index in [9.17, 15) is 14.0 Å². The molecule has 0 atom stereocenters. The highest BCUT2D eigenvalue weighted by Gasteiger charge is 2.21. The lowest BCUT2D eigenvalue weighted by molar-refractivity contribution is 0.0687. The topological polar surface area (TPSA) is 67.3 Å². The summed E-state index contributed by atoms with van der Waals surface area (Å²) in [5.74, 6) is -2.06. The van der Waals surface area contributed by atoms with Crippen molar-refractivity contribution in [2.45, 2.75) is 13.8 Å². The number of Topliss-reactive ketones (excluding diaryl/α,β-unsaturated/α-hetero) is 1. The zero-order chi connectivity index (χ0) is 14.2. The van der Waals surface area contributed by atoms with Crippen molar-refractivity contribution in [1.29, 1.82) is 0 Å². The highest BCUT2D eigenvalue weighted by molar-refractivity contribution is 7.17. The summed E-state index contributed by atoms with van der Waals surface area (Å²) in [7, 11) is 0. The minimum absolute atomic E-state index is 0.0751. The lowest BCUT2D eigenvalue weighted by Crippen LogP contribution is -2.03. The van der Waals surface area contributed by atoms with E-state index in [1.807, 2.05) is 0 Å².